The molecule has 0 aromatic heterocycles. The van der Waals surface area contributed by atoms with Gasteiger partial charge >= 0.3 is 0 Å². The number of hydrogen-bond donors (Lipinski definition) is 1. The van der Waals surface area contributed by atoms with Crippen LogP contribution in [0.15, 0.2) is 41.0 Å². The molecule has 1 aliphatic heterocycles. The van der Waals surface area contributed by atoms with Gasteiger partial charge in [-0.05, 0) is 12.1 Å². The van der Waals surface area contributed by atoms with Crippen LogP contribution in [-0.2, 0) is 0 Å². The van der Waals surface area contributed by atoms with E-state index < -0.39 is 0 Å². The van der Waals surface area contributed by atoms with E-state index in [1.165, 1.54) is 0 Å². The lowest BCUT2D eigenvalue weighted by Crippen LogP contribution is -2.11. The number of rotatable bonds is 0. The molecule has 2 nitrogen and oxygen atoms in total. The van der Waals surface area contributed by atoms with E-state index in [2.05, 4.69) is 0 Å². The lowest BCUT2D eigenvalue weighted by molar-refractivity contribution is 0.102. The monoisotopic (exact) mass is 192 g/mol. The standard InChI is InChI=1S/C10H8O2S/c11-5-7-6-13-9-4-2-1-3-8(9)10(7)12/h1-5,11H,6H2/b7-5-. The Hall–Kier alpha value is -1.22. The molecule has 0 unspecified atom stereocenters. The summed E-state index contributed by atoms with van der Waals surface area (Å²) in [5, 5.41) is 8.79. The minimum Gasteiger partial charge on any atom is -0.515 e. The second kappa shape index (κ2) is 3.26. The summed E-state index contributed by atoms with van der Waals surface area (Å²) in [5.41, 5.74) is 1.17. The summed E-state index contributed by atoms with van der Waals surface area (Å²) < 4.78 is 0. The first-order valence-electron chi connectivity index (χ1n) is 3.92. The van der Waals surface area contributed by atoms with E-state index in [0.29, 0.717) is 16.9 Å². The Morgan fingerprint density at radius 2 is 2.15 bits per heavy atom. The Morgan fingerprint density at radius 3 is 2.92 bits per heavy atom. The van der Waals surface area contributed by atoms with Crippen LogP contribution in [0.5, 0.6) is 0 Å². The number of hydrogen-bond acceptors (Lipinski definition) is 3. The first kappa shape index (κ1) is 8.38. The van der Waals surface area contributed by atoms with Crippen LogP contribution in [0, 0.1) is 0 Å². The van der Waals surface area contributed by atoms with Crippen LogP contribution in [0.1, 0.15) is 10.4 Å². The van der Waals surface area contributed by atoms with Crippen LogP contribution in [0.2, 0.25) is 0 Å². The molecule has 0 radical (unpaired) electrons. The molecular formula is C10H8O2S. The maximum absolute atomic E-state index is 11.6. The molecule has 1 N–H and O–H groups in total. The van der Waals surface area contributed by atoms with E-state index in [1.54, 1.807) is 17.8 Å². The Labute approximate surface area is 80.3 Å². The smallest absolute Gasteiger partial charge is 0.194 e. The molecule has 13 heavy (non-hydrogen) atoms. The third kappa shape index (κ3) is 1.35. The Balaban J connectivity index is 2.51. The SMILES string of the molecule is O=C1/C(=C\O)CSc2ccccc21. The second-order valence-corrected chi connectivity index (χ2v) is 3.79. The van der Waals surface area contributed by atoms with Gasteiger partial charge in [0.15, 0.2) is 5.78 Å². The lowest BCUT2D eigenvalue weighted by atomic mass is 10.1. The van der Waals surface area contributed by atoms with E-state index in [9.17, 15) is 4.79 Å². The zero-order chi connectivity index (χ0) is 9.26. The molecule has 1 aliphatic rings. The van der Waals surface area contributed by atoms with E-state index in [-0.39, 0.29) is 5.78 Å². The zero-order valence-corrected chi connectivity index (χ0v) is 7.67. The normalized spacial score (nSPS) is 18.8. The highest BCUT2D eigenvalue weighted by Gasteiger charge is 2.21. The van der Waals surface area contributed by atoms with Gasteiger partial charge in [-0.3, -0.25) is 4.79 Å². The molecule has 2 rings (SSSR count). The molecule has 0 bridgehead atoms. The zero-order valence-electron chi connectivity index (χ0n) is 6.86. The molecule has 0 atom stereocenters. The van der Waals surface area contributed by atoms with Crippen LogP contribution >= 0.6 is 11.8 Å². The fraction of sp³-hybridized carbons (Fsp3) is 0.100. The number of Topliss-reactive ketones (excluding diaryl/α,β-unsaturated/α-hetero) is 1. The van der Waals surface area contributed by atoms with Crippen LogP contribution in [-0.4, -0.2) is 16.6 Å². The number of thioether (sulfide) groups is 1. The second-order valence-electron chi connectivity index (χ2n) is 2.77. The van der Waals surface area contributed by atoms with Crippen molar-refractivity contribution in [1.29, 1.82) is 0 Å². The van der Waals surface area contributed by atoms with Crippen molar-refractivity contribution in [2.24, 2.45) is 0 Å². The van der Waals surface area contributed by atoms with Crippen molar-refractivity contribution in [3.8, 4) is 0 Å². The number of ketones is 1. The predicted octanol–water partition coefficient (Wildman–Crippen LogP) is 2.42. The summed E-state index contributed by atoms with van der Waals surface area (Å²) in [4.78, 5) is 12.6. The number of carbonyl (C=O) groups excluding carboxylic acids is 1. The van der Waals surface area contributed by atoms with Gasteiger partial charge in [0.05, 0.1) is 6.26 Å². The van der Waals surface area contributed by atoms with Gasteiger partial charge < -0.3 is 5.11 Å². The van der Waals surface area contributed by atoms with Crippen molar-refractivity contribution in [3.05, 3.63) is 41.7 Å². The molecule has 0 saturated carbocycles. The average molecular weight is 192 g/mol. The number of benzene rings is 1. The first-order valence-corrected chi connectivity index (χ1v) is 4.91. The van der Waals surface area contributed by atoms with Crippen molar-refractivity contribution in [1.82, 2.24) is 0 Å². The molecule has 0 fully saturated rings. The third-order valence-electron chi connectivity index (χ3n) is 1.96. The average Bonchev–Trinajstić information content (AvgIpc) is 2.19. The Bertz CT molecular complexity index is 382. The van der Waals surface area contributed by atoms with Crippen LogP contribution in [0.25, 0.3) is 0 Å². The lowest BCUT2D eigenvalue weighted by Gasteiger charge is -2.15. The third-order valence-corrected chi connectivity index (χ3v) is 3.08. The molecule has 1 aromatic rings. The molecular weight excluding hydrogens is 184 g/mol. The molecule has 0 amide bonds. The maximum Gasteiger partial charge on any atom is 0.194 e. The van der Waals surface area contributed by atoms with Crippen LogP contribution in [0.3, 0.4) is 0 Å². The minimum absolute atomic E-state index is 0.0585. The van der Waals surface area contributed by atoms with Gasteiger partial charge in [-0.15, -0.1) is 11.8 Å². The summed E-state index contributed by atoms with van der Waals surface area (Å²) in [6.07, 6.45) is 0.908. The largest absolute Gasteiger partial charge is 0.515 e. The van der Waals surface area contributed by atoms with Gasteiger partial charge in [-0.1, -0.05) is 12.1 Å². The molecule has 1 aromatic carbocycles. The van der Waals surface area contributed by atoms with Gasteiger partial charge in [0.1, 0.15) is 0 Å². The quantitative estimate of drug-likeness (QED) is 0.506. The fourth-order valence-corrected chi connectivity index (χ4v) is 2.28. The Kier molecular flexibility index (Phi) is 2.10. The Morgan fingerprint density at radius 1 is 1.38 bits per heavy atom. The summed E-state index contributed by atoms with van der Waals surface area (Å²) in [6.45, 7) is 0. The maximum atomic E-state index is 11.6. The molecule has 0 spiro atoms. The topological polar surface area (TPSA) is 37.3 Å². The van der Waals surface area contributed by atoms with Gasteiger partial charge in [0.25, 0.3) is 0 Å². The fourth-order valence-electron chi connectivity index (χ4n) is 1.27. The van der Waals surface area contributed by atoms with Crippen molar-refractivity contribution in [2.45, 2.75) is 4.90 Å². The highest BCUT2D eigenvalue weighted by molar-refractivity contribution is 7.99. The van der Waals surface area contributed by atoms with Crippen LogP contribution in [0.4, 0.5) is 0 Å². The summed E-state index contributed by atoms with van der Waals surface area (Å²) in [6, 6.07) is 7.45. The summed E-state index contributed by atoms with van der Waals surface area (Å²) in [5.74, 6) is 0.503. The number of aliphatic hydroxyl groups is 1. The van der Waals surface area contributed by atoms with Crippen molar-refractivity contribution >= 4 is 17.5 Å². The van der Waals surface area contributed by atoms with E-state index in [4.69, 9.17) is 5.11 Å². The minimum atomic E-state index is -0.0585. The highest BCUT2D eigenvalue weighted by atomic mass is 32.2. The van der Waals surface area contributed by atoms with Gasteiger partial charge in [-0.2, -0.15) is 0 Å². The molecule has 3 heteroatoms. The predicted molar refractivity (Wildman–Crippen MR) is 52.2 cm³/mol. The number of aliphatic hydroxyl groups excluding tert-OH is 1. The van der Waals surface area contributed by atoms with Crippen molar-refractivity contribution in [2.75, 3.05) is 5.75 Å². The molecule has 66 valence electrons. The van der Waals surface area contributed by atoms with Gasteiger partial charge in [0.2, 0.25) is 0 Å². The van der Waals surface area contributed by atoms with E-state index >= 15 is 0 Å². The molecule has 0 saturated heterocycles. The molecule has 1 heterocycles. The van der Waals surface area contributed by atoms with Gasteiger partial charge in [0, 0.05) is 21.8 Å². The van der Waals surface area contributed by atoms with E-state index in [0.717, 1.165) is 11.2 Å². The molecule has 0 aliphatic carbocycles. The number of fused-ring (bicyclic) bond motifs is 1. The summed E-state index contributed by atoms with van der Waals surface area (Å²) in [7, 11) is 0. The van der Waals surface area contributed by atoms with Gasteiger partial charge in [-0.25, -0.2) is 0 Å². The van der Waals surface area contributed by atoms with E-state index in [1.807, 2.05) is 18.2 Å². The van der Waals surface area contributed by atoms with Crippen molar-refractivity contribution < 1.29 is 9.90 Å². The summed E-state index contributed by atoms with van der Waals surface area (Å²) >= 11 is 1.58. The van der Waals surface area contributed by atoms with Crippen molar-refractivity contribution in [3.63, 3.8) is 0 Å². The first-order chi connectivity index (χ1) is 6.33. The van der Waals surface area contributed by atoms with Crippen LogP contribution < -0.4 is 0 Å². The highest BCUT2D eigenvalue weighted by Crippen LogP contribution is 2.31. The number of carbonyl (C=O) groups is 1.